The molecule has 3 rings (SSSR count). The van der Waals surface area contributed by atoms with E-state index in [0.717, 1.165) is 30.6 Å². The standard InChI is InChI=1S/C16H22N2O2/c19-16(17-12-6-2-1-3-7-12)18-14-10-11-20-15-9-5-4-8-13(14)15/h4-5,8-9,12,14H,1-3,6-7,10-11H2,(H2,17,18,19). The maximum atomic E-state index is 12.1. The van der Waals surface area contributed by atoms with Crippen LogP contribution in [-0.4, -0.2) is 18.7 Å². The number of nitrogens with one attached hydrogen (secondary N) is 2. The van der Waals surface area contributed by atoms with Crippen LogP contribution in [0, 0.1) is 0 Å². The fourth-order valence-corrected chi connectivity index (χ4v) is 3.12. The minimum absolute atomic E-state index is 0.0430. The molecule has 0 saturated heterocycles. The third kappa shape index (κ3) is 3.06. The number of carbonyl (C=O) groups is 1. The SMILES string of the molecule is O=C(NC1CCCCC1)NC1CCOc2ccccc21. The highest BCUT2D eigenvalue weighted by Crippen LogP contribution is 2.31. The predicted octanol–water partition coefficient (Wildman–Crippen LogP) is 3.14. The highest BCUT2D eigenvalue weighted by atomic mass is 16.5. The van der Waals surface area contributed by atoms with Crippen molar-refractivity contribution in [3.8, 4) is 5.75 Å². The molecule has 0 radical (unpaired) electrons. The topological polar surface area (TPSA) is 50.4 Å². The molecule has 2 aliphatic rings. The van der Waals surface area contributed by atoms with E-state index in [9.17, 15) is 4.79 Å². The Bertz CT molecular complexity index is 469. The molecular formula is C16H22N2O2. The Hall–Kier alpha value is -1.71. The number of fused-ring (bicyclic) bond motifs is 1. The largest absolute Gasteiger partial charge is 0.493 e. The molecule has 0 aromatic heterocycles. The van der Waals surface area contributed by atoms with Gasteiger partial charge in [-0.1, -0.05) is 37.5 Å². The first-order valence-electron chi connectivity index (χ1n) is 7.62. The van der Waals surface area contributed by atoms with Crippen LogP contribution < -0.4 is 15.4 Å². The van der Waals surface area contributed by atoms with Crippen molar-refractivity contribution in [1.82, 2.24) is 10.6 Å². The molecule has 108 valence electrons. The maximum absolute atomic E-state index is 12.1. The summed E-state index contributed by atoms with van der Waals surface area (Å²) >= 11 is 0. The van der Waals surface area contributed by atoms with Crippen molar-refractivity contribution in [3.05, 3.63) is 29.8 Å². The molecule has 0 spiro atoms. The number of carbonyl (C=O) groups excluding carboxylic acids is 1. The molecule has 1 aliphatic carbocycles. The molecule has 2 N–H and O–H groups in total. The molecule has 0 bridgehead atoms. The average molecular weight is 274 g/mol. The lowest BCUT2D eigenvalue weighted by atomic mass is 9.95. The van der Waals surface area contributed by atoms with Crippen molar-refractivity contribution in [2.75, 3.05) is 6.61 Å². The summed E-state index contributed by atoms with van der Waals surface area (Å²) in [6, 6.07) is 8.30. The van der Waals surface area contributed by atoms with Crippen LogP contribution in [0.5, 0.6) is 5.75 Å². The van der Waals surface area contributed by atoms with Gasteiger partial charge >= 0.3 is 6.03 Å². The predicted molar refractivity (Wildman–Crippen MR) is 77.8 cm³/mol. The Kier molecular flexibility index (Phi) is 4.09. The Balaban J connectivity index is 1.59. The quantitative estimate of drug-likeness (QED) is 0.870. The van der Waals surface area contributed by atoms with Gasteiger partial charge in [0.05, 0.1) is 12.6 Å². The van der Waals surface area contributed by atoms with E-state index in [1.807, 2.05) is 24.3 Å². The van der Waals surface area contributed by atoms with Crippen LogP contribution in [0.2, 0.25) is 0 Å². The van der Waals surface area contributed by atoms with Crippen LogP contribution in [-0.2, 0) is 0 Å². The highest BCUT2D eigenvalue weighted by molar-refractivity contribution is 5.75. The number of hydrogen-bond donors (Lipinski definition) is 2. The second kappa shape index (κ2) is 6.16. The summed E-state index contributed by atoms with van der Waals surface area (Å²) in [6.45, 7) is 0.658. The second-order valence-corrected chi connectivity index (χ2v) is 5.68. The van der Waals surface area contributed by atoms with Gasteiger partial charge in [-0.15, -0.1) is 0 Å². The number of ether oxygens (including phenoxy) is 1. The van der Waals surface area contributed by atoms with E-state index in [0.29, 0.717) is 12.6 Å². The van der Waals surface area contributed by atoms with Gasteiger partial charge in [0.2, 0.25) is 0 Å². The number of amides is 2. The number of urea groups is 1. The van der Waals surface area contributed by atoms with Crippen molar-refractivity contribution < 1.29 is 9.53 Å². The van der Waals surface area contributed by atoms with Gasteiger partial charge in [-0.2, -0.15) is 0 Å². The van der Waals surface area contributed by atoms with Gasteiger partial charge in [0.25, 0.3) is 0 Å². The Morgan fingerprint density at radius 2 is 1.85 bits per heavy atom. The lowest BCUT2D eigenvalue weighted by Gasteiger charge is -2.28. The Morgan fingerprint density at radius 1 is 1.05 bits per heavy atom. The van der Waals surface area contributed by atoms with Crippen molar-refractivity contribution in [2.45, 2.75) is 50.6 Å². The summed E-state index contributed by atoms with van der Waals surface area (Å²) in [5, 5.41) is 6.20. The summed E-state index contributed by atoms with van der Waals surface area (Å²) in [5.41, 5.74) is 1.08. The van der Waals surface area contributed by atoms with E-state index in [1.54, 1.807) is 0 Å². The van der Waals surface area contributed by atoms with Gasteiger partial charge in [-0.05, 0) is 18.9 Å². The van der Waals surface area contributed by atoms with Gasteiger partial charge in [0.15, 0.2) is 0 Å². The zero-order valence-electron chi connectivity index (χ0n) is 11.7. The third-order valence-corrected chi connectivity index (χ3v) is 4.20. The molecule has 1 aliphatic heterocycles. The lowest BCUT2D eigenvalue weighted by Crippen LogP contribution is -2.45. The van der Waals surface area contributed by atoms with Gasteiger partial charge in [-0.25, -0.2) is 4.79 Å². The first-order chi connectivity index (χ1) is 9.83. The normalized spacial score (nSPS) is 22.5. The summed E-state index contributed by atoms with van der Waals surface area (Å²) in [7, 11) is 0. The van der Waals surface area contributed by atoms with Gasteiger partial charge < -0.3 is 15.4 Å². The second-order valence-electron chi connectivity index (χ2n) is 5.68. The van der Waals surface area contributed by atoms with Crippen LogP contribution in [0.1, 0.15) is 50.1 Å². The highest BCUT2D eigenvalue weighted by Gasteiger charge is 2.23. The number of benzene rings is 1. The van der Waals surface area contributed by atoms with Gasteiger partial charge in [-0.3, -0.25) is 0 Å². The number of hydrogen-bond acceptors (Lipinski definition) is 2. The zero-order chi connectivity index (χ0) is 13.8. The molecule has 1 fully saturated rings. The molecule has 1 atom stereocenters. The molecule has 4 nitrogen and oxygen atoms in total. The van der Waals surface area contributed by atoms with E-state index in [-0.39, 0.29) is 12.1 Å². The molecule has 1 unspecified atom stereocenters. The molecule has 1 heterocycles. The van der Waals surface area contributed by atoms with Crippen LogP contribution in [0.4, 0.5) is 4.79 Å². The van der Waals surface area contributed by atoms with Gasteiger partial charge in [0, 0.05) is 18.0 Å². The molecule has 2 amide bonds. The molecule has 4 heteroatoms. The fraction of sp³-hybridized carbons (Fsp3) is 0.562. The van der Waals surface area contributed by atoms with E-state index in [1.165, 1.54) is 19.3 Å². The van der Waals surface area contributed by atoms with Crippen LogP contribution >= 0.6 is 0 Å². The third-order valence-electron chi connectivity index (χ3n) is 4.20. The van der Waals surface area contributed by atoms with Crippen molar-refractivity contribution >= 4 is 6.03 Å². The summed E-state index contributed by atoms with van der Waals surface area (Å²) < 4.78 is 5.61. The first kappa shape index (κ1) is 13.3. The van der Waals surface area contributed by atoms with E-state index >= 15 is 0 Å². The molecule has 1 aromatic carbocycles. The Morgan fingerprint density at radius 3 is 2.70 bits per heavy atom. The monoisotopic (exact) mass is 274 g/mol. The van der Waals surface area contributed by atoms with Crippen molar-refractivity contribution in [2.24, 2.45) is 0 Å². The minimum atomic E-state index is -0.0430. The van der Waals surface area contributed by atoms with Crippen LogP contribution in [0.15, 0.2) is 24.3 Å². The number of para-hydroxylation sites is 1. The number of rotatable bonds is 2. The molecule has 1 saturated carbocycles. The van der Waals surface area contributed by atoms with E-state index in [2.05, 4.69) is 10.6 Å². The Labute approximate surface area is 119 Å². The maximum Gasteiger partial charge on any atom is 0.315 e. The smallest absolute Gasteiger partial charge is 0.315 e. The fourth-order valence-electron chi connectivity index (χ4n) is 3.12. The summed E-state index contributed by atoms with van der Waals surface area (Å²) in [5.74, 6) is 0.890. The molecular weight excluding hydrogens is 252 g/mol. The lowest BCUT2D eigenvalue weighted by molar-refractivity contribution is 0.217. The average Bonchev–Trinajstić information content (AvgIpc) is 2.48. The van der Waals surface area contributed by atoms with E-state index in [4.69, 9.17) is 4.74 Å². The molecule has 20 heavy (non-hydrogen) atoms. The van der Waals surface area contributed by atoms with Crippen LogP contribution in [0.25, 0.3) is 0 Å². The first-order valence-corrected chi connectivity index (χ1v) is 7.62. The van der Waals surface area contributed by atoms with Crippen molar-refractivity contribution in [3.63, 3.8) is 0 Å². The van der Waals surface area contributed by atoms with E-state index < -0.39 is 0 Å². The van der Waals surface area contributed by atoms with Gasteiger partial charge in [0.1, 0.15) is 5.75 Å². The summed E-state index contributed by atoms with van der Waals surface area (Å²) in [4.78, 5) is 12.1. The van der Waals surface area contributed by atoms with Crippen molar-refractivity contribution in [1.29, 1.82) is 0 Å². The van der Waals surface area contributed by atoms with Crippen LogP contribution in [0.3, 0.4) is 0 Å². The minimum Gasteiger partial charge on any atom is -0.493 e. The molecule has 1 aromatic rings. The zero-order valence-corrected chi connectivity index (χ0v) is 11.7. The summed E-state index contributed by atoms with van der Waals surface area (Å²) in [6.07, 6.45) is 6.80.